The van der Waals surface area contributed by atoms with E-state index in [0.717, 1.165) is 32.1 Å². The Morgan fingerprint density at radius 3 is 2.60 bits per heavy atom. The lowest BCUT2D eigenvalue weighted by molar-refractivity contribution is -0.155. The maximum absolute atomic E-state index is 12.0. The molecule has 20 heavy (non-hydrogen) atoms. The first-order chi connectivity index (χ1) is 9.64. The predicted octanol–water partition coefficient (Wildman–Crippen LogP) is 2.38. The van der Waals surface area contributed by atoms with Crippen LogP contribution in [0.2, 0.25) is 0 Å². The van der Waals surface area contributed by atoms with Crippen molar-refractivity contribution in [3.63, 3.8) is 0 Å². The van der Waals surface area contributed by atoms with Gasteiger partial charge in [-0.25, -0.2) is 0 Å². The summed E-state index contributed by atoms with van der Waals surface area (Å²) in [6, 6.07) is 0. The third kappa shape index (κ3) is 1.85. The average Bonchev–Trinajstić information content (AvgIpc) is 3.32. The van der Waals surface area contributed by atoms with Gasteiger partial charge in [0.25, 0.3) is 0 Å². The van der Waals surface area contributed by atoms with Gasteiger partial charge in [-0.05, 0) is 50.4 Å². The second-order valence-electron chi connectivity index (χ2n) is 6.96. The van der Waals surface area contributed by atoms with Crippen LogP contribution in [0.1, 0.15) is 38.5 Å². The van der Waals surface area contributed by atoms with E-state index in [1.807, 2.05) is 6.08 Å². The molecule has 1 N–H and O–H groups in total. The molecule has 0 aromatic carbocycles. The van der Waals surface area contributed by atoms with E-state index >= 15 is 0 Å². The number of epoxide rings is 2. The molecule has 4 rings (SSSR count). The van der Waals surface area contributed by atoms with Gasteiger partial charge in [0.1, 0.15) is 0 Å². The van der Waals surface area contributed by atoms with E-state index < -0.39 is 11.4 Å². The first kappa shape index (κ1) is 12.8. The van der Waals surface area contributed by atoms with Crippen molar-refractivity contribution in [1.29, 1.82) is 0 Å². The summed E-state index contributed by atoms with van der Waals surface area (Å²) in [5.41, 5.74) is -0.661. The van der Waals surface area contributed by atoms with E-state index in [2.05, 4.69) is 6.58 Å². The summed E-state index contributed by atoms with van der Waals surface area (Å²) in [5, 5.41) is 9.90. The normalized spacial score (nSPS) is 50.5. The molecule has 4 nitrogen and oxygen atoms in total. The van der Waals surface area contributed by atoms with Gasteiger partial charge in [0.2, 0.25) is 0 Å². The van der Waals surface area contributed by atoms with Crippen molar-refractivity contribution in [3.8, 4) is 0 Å². The zero-order chi connectivity index (χ0) is 13.9. The monoisotopic (exact) mass is 278 g/mol. The molecule has 4 fully saturated rings. The van der Waals surface area contributed by atoms with Gasteiger partial charge in [-0.3, -0.25) is 4.79 Å². The molecule has 2 aliphatic heterocycles. The Labute approximate surface area is 119 Å². The predicted molar refractivity (Wildman–Crippen MR) is 72.3 cm³/mol. The molecule has 7 unspecified atom stereocenters. The van der Waals surface area contributed by atoms with Gasteiger partial charge in [0.15, 0.2) is 0 Å². The van der Waals surface area contributed by atoms with Crippen LogP contribution in [0.25, 0.3) is 0 Å². The lowest BCUT2D eigenvalue weighted by Gasteiger charge is -2.42. The SMILES string of the molecule is C=CC(C1CCC2OC2C1)C1(C(=O)O)CCC2OC2C1. The van der Waals surface area contributed by atoms with Crippen molar-refractivity contribution in [2.75, 3.05) is 0 Å². The first-order valence-electron chi connectivity index (χ1n) is 7.81. The maximum Gasteiger partial charge on any atom is 0.310 e. The van der Waals surface area contributed by atoms with Crippen molar-refractivity contribution in [3.05, 3.63) is 12.7 Å². The molecule has 0 spiro atoms. The number of carbonyl (C=O) groups is 1. The third-order valence-electron chi connectivity index (χ3n) is 6.00. The number of hydrogen-bond acceptors (Lipinski definition) is 3. The second-order valence-corrected chi connectivity index (χ2v) is 6.96. The molecule has 2 saturated carbocycles. The number of fused-ring (bicyclic) bond motifs is 2. The van der Waals surface area contributed by atoms with E-state index in [4.69, 9.17) is 9.47 Å². The maximum atomic E-state index is 12.0. The van der Waals surface area contributed by atoms with E-state index in [1.165, 1.54) is 0 Å². The Morgan fingerprint density at radius 2 is 1.95 bits per heavy atom. The molecule has 2 heterocycles. The number of aliphatic carboxylic acids is 1. The quantitative estimate of drug-likeness (QED) is 0.633. The molecule has 0 bridgehead atoms. The number of rotatable bonds is 4. The van der Waals surface area contributed by atoms with Crippen LogP contribution in [0.5, 0.6) is 0 Å². The molecule has 0 aromatic heterocycles. The Hall–Kier alpha value is -0.870. The number of carboxylic acids is 1. The summed E-state index contributed by atoms with van der Waals surface area (Å²) in [4.78, 5) is 12.0. The molecule has 7 atom stereocenters. The van der Waals surface area contributed by atoms with Gasteiger partial charge in [-0.2, -0.15) is 0 Å². The zero-order valence-electron chi connectivity index (χ0n) is 11.7. The topological polar surface area (TPSA) is 62.4 Å². The number of ether oxygens (including phenoxy) is 2. The largest absolute Gasteiger partial charge is 0.481 e. The molecule has 4 heteroatoms. The highest BCUT2D eigenvalue weighted by Gasteiger charge is 2.59. The van der Waals surface area contributed by atoms with Crippen LogP contribution in [0.3, 0.4) is 0 Å². The van der Waals surface area contributed by atoms with E-state index in [9.17, 15) is 9.90 Å². The van der Waals surface area contributed by atoms with Crippen LogP contribution in [-0.2, 0) is 14.3 Å². The Kier molecular flexibility index (Phi) is 2.77. The highest BCUT2D eigenvalue weighted by atomic mass is 16.6. The fourth-order valence-electron chi connectivity index (χ4n) is 4.74. The molecule has 0 radical (unpaired) electrons. The van der Waals surface area contributed by atoms with Crippen LogP contribution >= 0.6 is 0 Å². The fourth-order valence-corrected chi connectivity index (χ4v) is 4.74. The highest BCUT2D eigenvalue weighted by Crippen LogP contribution is 2.55. The summed E-state index contributed by atoms with van der Waals surface area (Å²) in [6.07, 6.45) is 8.69. The second kappa shape index (κ2) is 4.31. The summed E-state index contributed by atoms with van der Waals surface area (Å²) in [6.45, 7) is 3.97. The zero-order valence-corrected chi connectivity index (χ0v) is 11.7. The molecule has 0 amide bonds. The van der Waals surface area contributed by atoms with Gasteiger partial charge in [0.05, 0.1) is 29.8 Å². The smallest absolute Gasteiger partial charge is 0.310 e. The van der Waals surface area contributed by atoms with Crippen molar-refractivity contribution in [2.24, 2.45) is 17.3 Å². The van der Waals surface area contributed by atoms with Crippen molar-refractivity contribution in [1.82, 2.24) is 0 Å². The van der Waals surface area contributed by atoms with E-state index in [1.54, 1.807) is 0 Å². The van der Waals surface area contributed by atoms with Crippen LogP contribution in [0, 0.1) is 17.3 Å². The Balaban J connectivity index is 1.59. The van der Waals surface area contributed by atoms with Gasteiger partial charge in [-0.15, -0.1) is 6.58 Å². The average molecular weight is 278 g/mol. The molecule has 0 aromatic rings. The minimum absolute atomic E-state index is 0.0512. The minimum atomic E-state index is -0.661. The standard InChI is InChI=1S/C16H22O4/c1-2-10(9-3-4-11-13(7-9)19-11)16(15(17)18)6-5-12-14(8-16)20-12/h2,9-14H,1,3-8H2,(H,17,18). The van der Waals surface area contributed by atoms with Gasteiger partial charge in [-0.1, -0.05) is 6.08 Å². The molecular weight excluding hydrogens is 256 g/mol. The van der Waals surface area contributed by atoms with Gasteiger partial charge in [0, 0.05) is 0 Å². The van der Waals surface area contributed by atoms with Crippen LogP contribution in [0.15, 0.2) is 12.7 Å². The number of allylic oxidation sites excluding steroid dienone is 1. The Morgan fingerprint density at radius 1 is 1.20 bits per heavy atom. The van der Waals surface area contributed by atoms with Crippen molar-refractivity contribution >= 4 is 5.97 Å². The van der Waals surface area contributed by atoms with E-state index in [0.29, 0.717) is 30.7 Å². The molecule has 110 valence electrons. The van der Waals surface area contributed by atoms with Gasteiger partial charge < -0.3 is 14.6 Å². The summed E-state index contributed by atoms with van der Waals surface area (Å²) < 4.78 is 11.2. The molecular formula is C16H22O4. The lowest BCUT2D eigenvalue weighted by atomic mass is 9.60. The van der Waals surface area contributed by atoms with Gasteiger partial charge >= 0.3 is 5.97 Å². The fraction of sp³-hybridized carbons (Fsp3) is 0.812. The minimum Gasteiger partial charge on any atom is -0.481 e. The number of carboxylic acid groups (broad SMARTS) is 1. The molecule has 2 saturated heterocycles. The molecule has 2 aliphatic carbocycles. The first-order valence-corrected chi connectivity index (χ1v) is 7.81. The summed E-state index contributed by atoms with van der Waals surface area (Å²) >= 11 is 0. The van der Waals surface area contributed by atoms with Crippen LogP contribution < -0.4 is 0 Å². The van der Waals surface area contributed by atoms with E-state index in [-0.39, 0.29) is 12.0 Å². The number of hydrogen-bond donors (Lipinski definition) is 1. The molecule has 4 aliphatic rings. The van der Waals surface area contributed by atoms with Crippen molar-refractivity contribution in [2.45, 2.75) is 62.9 Å². The van der Waals surface area contributed by atoms with Crippen LogP contribution in [0.4, 0.5) is 0 Å². The third-order valence-corrected chi connectivity index (χ3v) is 6.00. The summed E-state index contributed by atoms with van der Waals surface area (Å²) in [5.74, 6) is -0.201. The lowest BCUT2D eigenvalue weighted by Crippen LogP contribution is -2.45. The Bertz CT molecular complexity index is 448. The summed E-state index contributed by atoms with van der Waals surface area (Å²) in [7, 11) is 0. The highest BCUT2D eigenvalue weighted by molar-refractivity contribution is 5.76. The van der Waals surface area contributed by atoms with Crippen molar-refractivity contribution < 1.29 is 19.4 Å². The van der Waals surface area contributed by atoms with Crippen LogP contribution in [-0.4, -0.2) is 35.5 Å².